The highest BCUT2D eigenvalue weighted by molar-refractivity contribution is 5.79. The zero-order valence-corrected chi connectivity index (χ0v) is 13.4. The molecule has 0 spiro atoms. The van der Waals surface area contributed by atoms with Gasteiger partial charge in [-0.1, -0.05) is 0 Å². The van der Waals surface area contributed by atoms with Gasteiger partial charge in [0.25, 0.3) is 0 Å². The second kappa shape index (κ2) is 6.33. The average molecular weight is 291 g/mol. The van der Waals surface area contributed by atoms with E-state index in [0.29, 0.717) is 19.6 Å². The maximum absolute atomic E-state index is 12.2. The van der Waals surface area contributed by atoms with E-state index in [1.807, 2.05) is 11.9 Å². The number of nitrogens with one attached hydrogen (secondary N) is 1. The first-order chi connectivity index (χ1) is 9.90. The molecule has 0 unspecified atom stereocenters. The van der Waals surface area contributed by atoms with Crippen LogP contribution in [-0.2, 0) is 23.2 Å². The van der Waals surface area contributed by atoms with Gasteiger partial charge in [-0.05, 0) is 38.3 Å². The zero-order chi connectivity index (χ0) is 15.6. The Hall–Kier alpha value is -1.78. The van der Waals surface area contributed by atoms with Gasteiger partial charge in [-0.2, -0.15) is 0 Å². The number of piperidine rings is 1. The normalized spacial score (nSPS) is 16.1. The summed E-state index contributed by atoms with van der Waals surface area (Å²) < 4.78 is 2.13. The molecule has 2 rings (SSSR count). The number of hydrogen-bond donors (Lipinski definition) is 1. The summed E-state index contributed by atoms with van der Waals surface area (Å²) in [6.07, 6.45) is 1.52. The van der Waals surface area contributed by atoms with Crippen LogP contribution in [0.3, 0.4) is 0 Å². The largest absolute Gasteiger partial charge is 0.352 e. The summed E-state index contributed by atoms with van der Waals surface area (Å²) in [5, 5.41) is 3.04. The summed E-state index contributed by atoms with van der Waals surface area (Å²) in [5.41, 5.74) is 3.57. The number of aromatic nitrogens is 1. The van der Waals surface area contributed by atoms with Crippen molar-refractivity contribution in [1.82, 2.24) is 14.8 Å². The summed E-state index contributed by atoms with van der Waals surface area (Å²) in [6, 6.07) is 2.12. The topological polar surface area (TPSA) is 54.3 Å². The molecule has 0 aliphatic carbocycles. The number of hydrogen-bond acceptors (Lipinski definition) is 2. The number of nitrogens with zero attached hydrogens (tertiary/aromatic N) is 2. The molecule has 116 valence electrons. The molecule has 0 radical (unpaired) electrons. The van der Waals surface area contributed by atoms with Gasteiger partial charge in [-0.15, -0.1) is 0 Å². The molecule has 1 aliphatic rings. The van der Waals surface area contributed by atoms with Gasteiger partial charge < -0.3 is 14.8 Å². The van der Waals surface area contributed by atoms with Gasteiger partial charge in [-0.3, -0.25) is 9.59 Å². The van der Waals surface area contributed by atoms with Crippen LogP contribution in [0.5, 0.6) is 0 Å². The third-order valence-electron chi connectivity index (χ3n) is 4.64. The van der Waals surface area contributed by atoms with E-state index in [9.17, 15) is 9.59 Å². The Morgan fingerprint density at radius 3 is 2.38 bits per heavy atom. The predicted molar refractivity (Wildman–Crippen MR) is 81.7 cm³/mol. The van der Waals surface area contributed by atoms with E-state index in [-0.39, 0.29) is 17.7 Å². The minimum atomic E-state index is 0.0331. The molecule has 0 bridgehead atoms. The van der Waals surface area contributed by atoms with Crippen LogP contribution in [0.4, 0.5) is 0 Å². The fourth-order valence-electron chi connectivity index (χ4n) is 2.90. The van der Waals surface area contributed by atoms with Crippen LogP contribution >= 0.6 is 0 Å². The Bertz CT molecular complexity index is 540. The third kappa shape index (κ3) is 3.46. The second-order valence-electron chi connectivity index (χ2n) is 5.95. The van der Waals surface area contributed by atoms with Crippen molar-refractivity contribution >= 4 is 11.8 Å². The molecule has 1 aromatic heterocycles. The van der Waals surface area contributed by atoms with Crippen molar-refractivity contribution in [3.63, 3.8) is 0 Å². The van der Waals surface area contributed by atoms with Crippen molar-refractivity contribution in [2.24, 2.45) is 13.0 Å². The van der Waals surface area contributed by atoms with Crippen LogP contribution in [-0.4, -0.2) is 34.4 Å². The second-order valence-corrected chi connectivity index (χ2v) is 5.95. The Labute approximate surface area is 126 Å². The van der Waals surface area contributed by atoms with Gasteiger partial charge >= 0.3 is 0 Å². The van der Waals surface area contributed by atoms with Gasteiger partial charge in [0.2, 0.25) is 11.8 Å². The van der Waals surface area contributed by atoms with Crippen molar-refractivity contribution < 1.29 is 9.59 Å². The van der Waals surface area contributed by atoms with E-state index in [1.54, 1.807) is 6.92 Å². The lowest BCUT2D eigenvalue weighted by Crippen LogP contribution is -2.42. The number of carbonyl (C=O) groups excluding carboxylic acids is 2. The first-order valence-corrected chi connectivity index (χ1v) is 7.55. The van der Waals surface area contributed by atoms with E-state index in [4.69, 9.17) is 0 Å². The van der Waals surface area contributed by atoms with Gasteiger partial charge in [0.05, 0.1) is 0 Å². The molecular weight excluding hydrogens is 266 g/mol. The fourth-order valence-corrected chi connectivity index (χ4v) is 2.90. The molecule has 0 aromatic carbocycles. The van der Waals surface area contributed by atoms with Gasteiger partial charge in [-0.25, -0.2) is 0 Å². The minimum absolute atomic E-state index is 0.0331. The standard InChI is InChI=1S/C16H25N3O2/c1-11-9-15(12(2)18(11)4)10-17-16(21)14-5-7-19(8-6-14)13(3)20/h9,14H,5-8,10H2,1-4H3,(H,17,21). The molecule has 21 heavy (non-hydrogen) atoms. The summed E-state index contributed by atoms with van der Waals surface area (Å²) in [4.78, 5) is 25.3. The molecule has 1 N–H and O–H groups in total. The van der Waals surface area contributed by atoms with Crippen molar-refractivity contribution in [1.29, 1.82) is 0 Å². The highest BCUT2D eigenvalue weighted by atomic mass is 16.2. The molecule has 2 amide bonds. The Balaban J connectivity index is 1.85. The predicted octanol–water partition coefficient (Wildman–Crippen LogP) is 1.52. The lowest BCUT2D eigenvalue weighted by molar-refractivity contribution is -0.134. The number of amides is 2. The average Bonchev–Trinajstić information content (AvgIpc) is 2.72. The number of likely N-dealkylation sites (tertiary alicyclic amines) is 1. The van der Waals surface area contributed by atoms with Gasteiger partial charge in [0.15, 0.2) is 0 Å². The van der Waals surface area contributed by atoms with Gasteiger partial charge in [0, 0.05) is 50.9 Å². The summed E-state index contributed by atoms with van der Waals surface area (Å²) in [5.74, 6) is 0.245. The lowest BCUT2D eigenvalue weighted by Gasteiger charge is -2.30. The van der Waals surface area contributed by atoms with Crippen LogP contribution in [0.15, 0.2) is 6.07 Å². The highest BCUT2D eigenvalue weighted by Gasteiger charge is 2.25. The van der Waals surface area contributed by atoms with E-state index in [0.717, 1.165) is 12.8 Å². The van der Waals surface area contributed by atoms with Crippen molar-refractivity contribution in [2.45, 2.75) is 40.2 Å². The van der Waals surface area contributed by atoms with Crippen LogP contribution in [0, 0.1) is 19.8 Å². The Morgan fingerprint density at radius 2 is 1.90 bits per heavy atom. The monoisotopic (exact) mass is 291 g/mol. The van der Waals surface area contributed by atoms with Crippen molar-refractivity contribution in [3.8, 4) is 0 Å². The molecule has 2 heterocycles. The van der Waals surface area contributed by atoms with E-state index in [2.05, 4.69) is 29.8 Å². The maximum atomic E-state index is 12.2. The first kappa shape index (κ1) is 15.6. The van der Waals surface area contributed by atoms with Crippen molar-refractivity contribution in [2.75, 3.05) is 13.1 Å². The van der Waals surface area contributed by atoms with Crippen molar-refractivity contribution in [3.05, 3.63) is 23.0 Å². The fraction of sp³-hybridized carbons (Fsp3) is 0.625. The van der Waals surface area contributed by atoms with Gasteiger partial charge in [0.1, 0.15) is 0 Å². The Morgan fingerprint density at radius 1 is 1.29 bits per heavy atom. The summed E-state index contributed by atoms with van der Waals surface area (Å²) in [6.45, 7) is 7.68. The molecular formula is C16H25N3O2. The first-order valence-electron chi connectivity index (χ1n) is 7.55. The molecule has 1 aliphatic heterocycles. The van der Waals surface area contributed by atoms with Crippen LogP contribution in [0.2, 0.25) is 0 Å². The van der Waals surface area contributed by atoms with E-state index < -0.39 is 0 Å². The molecule has 5 nitrogen and oxygen atoms in total. The summed E-state index contributed by atoms with van der Waals surface area (Å²) in [7, 11) is 2.04. The van der Waals surface area contributed by atoms with Crippen LogP contribution < -0.4 is 5.32 Å². The van der Waals surface area contributed by atoms with Crippen LogP contribution in [0.1, 0.15) is 36.7 Å². The molecule has 5 heteroatoms. The lowest BCUT2D eigenvalue weighted by atomic mass is 9.96. The molecule has 0 atom stereocenters. The molecule has 1 saturated heterocycles. The highest BCUT2D eigenvalue weighted by Crippen LogP contribution is 2.18. The smallest absolute Gasteiger partial charge is 0.223 e. The minimum Gasteiger partial charge on any atom is -0.352 e. The van der Waals surface area contributed by atoms with E-state index >= 15 is 0 Å². The number of rotatable bonds is 3. The molecule has 1 aromatic rings. The Kier molecular flexibility index (Phi) is 4.70. The molecule has 0 saturated carbocycles. The van der Waals surface area contributed by atoms with E-state index in [1.165, 1.54) is 17.0 Å². The molecule has 1 fully saturated rings. The SMILES string of the molecule is CC(=O)N1CCC(C(=O)NCc2cc(C)n(C)c2C)CC1. The zero-order valence-electron chi connectivity index (χ0n) is 13.4. The maximum Gasteiger partial charge on any atom is 0.223 e. The quantitative estimate of drug-likeness (QED) is 0.918. The summed E-state index contributed by atoms with van der Waals surface area (Å²) >= 11 is 0. The number of aryl methyl sites for hydroxylation is 1. The third-order valence-corrected chi connectivity index (χ3v) is 4.64. The number of carbonyl (C=O) groups is 2. The van der Waals surface area contributed by atoms with Crippen LogP contribution in [0.25, 0.3) is 0 Å².